The third-order valence-electron chi connectivity index (χ3n) is 27.8. The molecule has 7 heterocycles. The average Bonchev–Trinajstić information content (AvgIpc) is 1.50. The Labute approximate surface area is 709 Å². The Hall–Kier alpha value is -11.4. The van der Waals surface area contributed by atoms with Gasteiger partial charge < -0.3 is 0 Å². The number of rotatable bonds is 0. The average molecular weight is 1560 g/mol. The van der Waals surface area contributed by atoms with Crippen LogP contribution in [0.15, 0.2) is 128 Å². The van der Waals surface area contributed by atoms with Crippen molar-refractivity contribution >= 4 is 0 Å². The van der Waals surface area contributed by atoms with E-state index >= 15 is 0 Å². The summed E-state index contributed by atoms with van der Waals surface area (Å²) in [6.45, 7) is 60.6. The van der Waals surface area contributed by atoms with Crippen molar-refractivity contribution < 1.29 is 0 Å². The van der Waals surface area contributed by atoms with Gasteiger partial charge in [0.1, 0.15) is 0 Å². The van der Waals surface area contributed by atoms with Crippen LogP contribution in [0.2, 0.25) is 0 Å². The van der Waals surface area contributed by atoms with Crippen molar-refractivity contribution in [3.8, 4) is 77.9 Å². The summed E-state index contributed by atoms with van der Waals surface area (Å²) in [5.74, 6) is 0. The van der Waals surface area contributed by atoms with Crippen molar-refractivity contribution in [2.75, 3.05) is 0 Å². The summed E-state index contributed by atoms with van der Waals surface area (Å²) in [4.78, 5) is 31.7. The number of hydrogen-bond acceptors (Lipinski definition) is 7. The molecule has 0 N–H and O–H groups in total. The van der Waals surface area contributed by atoms with Gasteiger partial charge in [0, 0.05) is 127 Å². The summed E-state index contributed by atoms with van der Waals surface area (Å²) in [6.07, 6.45) is 17.6. The molecule has 0 atom stereocenters. The molecule has 7 aromatic heterocycles. The maximum atomic E-state index is 4.66. The van der Waals surface area contributed by atoms with Gasteiger partial charge in [0.2, 0.25) is 0 Å². The van der Waals surface area contributed by atoms with E-state index in [1.54, 1.807) is 0 Å². The Kier molecular flexibility index (Phi) is 22.5. The minimum atomic E-state index is 1.04. The van der Waals surface area contributed by atoms with Gasteiger partial charge in [-0.15, -0.1) is 0 Å². The molecule has 0 aliphatic heterocycles. The van der Waals surface area contributed by atoms with Crippen LogP contribution in [0.4, 0.5) is 0 Å². The zero-order valence-electron chi connectivity index (χ0n) is 76.2. The van der Waals surface area contributed by atoms with Crippen LogP contribution >= 0.6 is 0 Å². The molecule has 119 heavy (non-hydrogen) atoms. The number of benzene rings is 7. The summed E-state index contributed by atoms with van der Waals surface area (Å²) >= 11 is 0. The molecule has 7 aliphatic carbocycles. The van der Waals surface area contributed by atoms with Crippen molar-refractivity contribution in [1.29, 1.82) is 0 Å². The first-order valence-corrected chi connectivity index (χ1v) is 43.0. The number of pyridine rings is 7. The molecule has 0 bridgehead atoms. The van der Waals surface area contributed by atoms with E-state index in [0.29, 0.717) is 0 Å². The van der Waals surface area contributed by atoms with E-state index in [2.05, 4.69) is 332 Å². The monoisotopic (exact) mass is 1560 g/mol. The van der Waals surface area contributed by atoms with E-state index in [4.69, 9.17) is 0 Å². The van der Waals surface area contributed by atoms with Gasteiger partial charge in [-0.05, 0) is 439 Å². The molecule has 0 saturated heterocycles. The molecule has 21 rings (SSSR count). The van der Waals surface area contributed by atoms with E-state index in [-0.39, 0.29) is 0 Å². The first kappa shape index (κ1) is 82.7. The fourth-order valence-corrected chi connectivity index (χ4v) is 20.1. The molecule has 0 spiro atoms. The fraction of sp³-hybridized carbons (Fsp3) is 0.312. The van der Waals surface area contributed by atoms with Crippen LogP contribution in [0.5, 0.6) is 0 Å². The second-order valence-electron chi connectivity index (χ2n) is 35.8. The molecule has 0 amide bonds. The first-order chi connectivity index (χ1) is 56.6. The molecular formula is C112H119N7. The minimum Gasteiger partial charge on any atom is -0.261 e. The van der Waals surface area contributed by atoms with Crippen molar-refractivity contribution in [1.82, 2.24) is 34.9 Å². The van der Waals surface area contributed by atoms with Gasteiger partial charge in [-0.25, -0.2) is 0 Å². The van der Waals surface area contributed by atoms with E-state index in [1.807, 2.05) is 24.8 Å². The standard InChI is InChI=1S/7C16H17N/c1-9-5-13-7-14-8-17-12(4)11(3)16(14)15(13)6-10(9)2;1-9-5-10(2)14-7-13-8-17-12(4)11(3)16(13)15(14)6-9;1-9-5-10(2)15-13(6-9)7-14-8-17-12(4)11(3)16(14)15;1-9-5-6-13-7-14-8-17-12(4)11(3)16(14)15(13)10(9)2;1-9-5-6-10(2)15-14(9)7-13-8-17-12(4)11(3)16(13)15;1-9-5-6-14-13(7-9)8-15-12(4)17-11(3)10(2)16(14)15;1-9-6-5-7-13-14(9)8-15-12(4)17-11(3)10(2)16(13)15/h5*5-6,8H,7H2,1-4H3;2*5-7H,8H2,1-4H3. The van der Waals surface area contributed by atoms with E-state index in [1.165, 1.54) is 273 Å². The van der Waals surface area contributed by atoms with Gasteiger partial charge in [0.15, 0.2) is 0 Å². The molecule has 602 valence electrons. The number of aryl methyl sites for hydroxylation is 20. The van der Waals surface area contributed by atoms with Crippen molar-refractivity contribution in [2.24, 2.45) is 0 Å². The van der Waals surface area contributed by atoms with Crippen LogP contribution in [-0.2, 0) is 44.9 Å². The second kappa shape index (κ2) is 32.4. The second-order valence-corrected chi connectivity index (χ2v) is 35.8. The molecule has 7 nitrogen and oxygen atoms in total. The minimum absolute atomic E-state index is 1.04. The molecule has 0 unspecified atom stereocenters. The maximum absolute atomic E-state index is 4.66. The summed E-state index contributed by atoms with van der Waals surface area (Å²) in [5, 5.41) is 0. The van der Waals surface area contributed by atoms with Crippen LogP contribution in [0.3, 0.4) is 0 Å². The van der Waals surface area contributed by atoms with Gasteiger partial charge in [-0.1, -0.05) is 114 Å². The van der Waals surface area contributed by atoms with E-state index < -0.39 is 0 Å². The highest BCUT2D eigenvalue weighted by molar-refractivity contribution is 5.88. The number of nitrogens with zero attached hydrogens (tertiary/aromatic N) is 7. The lowest BCUT2D eigenvalue weighted by Crippen LogP contribution is -1.97. The van der Waals surface area contributed by atoms with Crippen molar-refractivity contribution in [3.05, 3.63) is 363 Å². The molecule has 0 fully saturated rings. The summed E-state index contributed by atoms with van der Waals surface area (Å²) < 4.78 is 0. The number of fused-ring (bicyclic) bond motifs is 21. The third-order valence-corrected chi connectivity index (χ3v) is 27.8. The highest BCUT2D eigenvalue weighted by Crippen LogP contribution is 2.49. The summed E-state index contributed by atoms with van der Waals surface area (Å²) in [7, 11) is 0. The molecule has 0 radical (unpaired) electrons. The lowest BCUT2D eigenvalue weighted by molar-refractivity contribution is 1.04. The predicted molar refractivity (Wildman–Crippen MR) is 500 cm³/mol. The predicted octanol–water partition coefficient (Wildman–Crippen LogP) is 27.2. The highest BCUT2D eigenvalue weighted by Gasteiger charge is 2.31. The van der Waals surface area contributed by atoms with Crippen molar-refractivity contribution in [3.63, 3.8) is 0 Å². The van der Waals surface area contributed by atoms with Gasteiger partial charge >= 0.3 is 0 Å². The Morgan fingerprint density at radius 1 is 0.176 bits per heavy atom. The van der Waals surface area contributed by atoms with Crippen LogP contribution in [0, 0.1) is 194 Å². The van der Waals surface area contributed by atoms with Crippen LogP contribution in [0.25, 0.3) is 77.9 Å². The first-order valence-electron chi connectivity index (χ1n) is 43.0. The lowest BCUT2D eigenvalue weighted by atomic mass is 9.94. The van der Waals surface area contributed by atoms with Gasteiger partial charge in [0.25, 0.3) is 0 Å². The molecule has 7 heteroatoms. The summed E-state index contributed by atoms with van der Waals surface area (Å²) in [5.41, 5.74) is 76.7. The Balaban J connectivity index is 0.000000108. The Bertz CT molecular complexity index is 6510. The maximum Gasteiger partial charge on any atom is 0.0417 e. The third kappa shape index (κ3) is 15.0. The van der Waals surface area contributed by atoms with Crippen LogP contribution in [-0.4, -0.2) is 34.9 Å². The van der Waals surface area contributed by atoms with Crippen LogP contribution in [0.1, 0.15) is 235 Å². The smallest absolute Gasteiger partial charge is 0.0417 e. The quantitative estimate of drug-likeness (QED) is 0.149. The topological polar surface area (TPSA) is 90.2 Å². The van der Waals surface area contributed by atoms with Crippen molar-refractivity contribution in [2.45, 2.75) is 239 Å². The van der Waals surface area contributed by atoms with Gasteiger partial charge in [0.05, 0.1) is 0 Å². The Morgan fingerprint density at radius 2 is 0.571 bits per heavy atom. The SMILES string of the molecule is Cc1cc(C)c2c(c1)-c1c(cnc(C)c1C)C2.Cc1cc(C)c2c(c1)Cc1cnc(C)c(C)c1-2.Cc1cc2c(cc1C)-c1c(cnc(C)c1C)C2.Cc1ccc(C)c2c1Cc1cnc(C)c(C)c1-2.Cc1ccc2c(c1)Cc1c(C)nc(C)c(C)c1-2.Cc1ccc2c(c1C)-c1c(cnc(C)c1C)C2.Cc1cccc2c1Cc1c(C)nc(C)c(C)c1-2. The highest BCUT2D eigenvalue weighted by atomic mass is 14.7. The zero-order chi connectivity index (χ0) is 85.1. The normalized spacial score (nSPS) is 12.5. The fourth-order valence-electron chi connectivity index (χ4n) is 20.1. The number of hydrogen-bond donors (Lipinski definition) is 0. The molecular weight excluding hydrogens is 1440 g/mol. The largest absolute Gasteiger partial charge is 0.261 e. The molecule has 14 aromatic rings. The molecule has 0 saturated carbocycles. The number of aromatic nitrogens is 7. The van der Waals surface area contributed by atoms with Gasteiger partial charge in [-0.2, -0.15) is 0 Å². The van der Waals surface area contributed by atoms with Crippen LogP contribution < -0.4 is 0 Å². The van der Waals surface area contributed by atoms with E-state index in [0.717, 1.165) is 84.8 Å². The van der Waals surface area contributed by atoms with Gasteiger partial charge in [-0.3, -0.25) is 34.9 Å². The zero-order valence-corrected chi connectivity index (χ0v) is 76.2. The molecule has 7 aliphatic rings. The van der Waals surface area contributed by atoms with E-state index in [9.17, 15) is 0 Å². The molecule has 7 aromatic carbocycles. The summed E-state index contributed by atoms with van der Waals surface area (Å²) in [6, 6.07) is 36.2. The lowest BCUT2D eigenvalue weighted by Gasteiger charge is -2.12. The Morgan fingerprint density at radius 3 is 1.17 bits per heavy atom.